The first-order valence-corrected chi connectivity index (χ1v) is 7.03. The summed E-state index contributed by atoms with van der Waals surface area (Å²) in [4.78, 5) is 13.2. The molecule has 1 heterocycles. The Morgan fingerprint density at radius 1 is 1.28 bits per heavy atom. The topological polar surface area (TPSA) is 20.3 Å². The van der Waals surface area contributed by atoms with E-state index < -0.39 is 0 Å². The molecule has 1 aromatic carbocycles. The molecule has 0 amide bonds. The maximum absolute atomic E-state index is 10.7. The van der Waals surface area contributed by atoms with Crippen molar-refractivity contribution in [3.63, 3.8) is 0 Å². The fraction of sp³-hybridized carbons (Fsp3) is 0.562. The Balaban J connectivity index is 1.91. The zero-order valence-electron chi connectivity index (χ0n) is 11.2. The molecule has 0 radical (unpaired) electrons. The van der Waals surface area contributed by atoms with Gasteiger partial charge in [0.25, 0.3) is 0 Å². The number of carbonyl (C=O) groups is 1. The number of nitrogens with zero attached hydrogens (tertiary/aromatic N) is 1. The Labute approximate surface area is 110 Å². The van der Waals surface area contributed by atoms with Gasteiger partial charge in [0, 0.05) is 19.5 Å². The lowest BCUT2D eigenvalue weighted by Crippen LogP contribution is -2.39. The van der Waals surface area contributed by atoms with Gasteiger partial charge >= 0.3 is 0 Å². The van der Waals surface area contributed by atoms with Gasteiger partial charge in [-0.2, -0.15) is 0 Å². The van der Waals surface area contributed by atoms with E-state index in [1.165, 1.54) is 18.4 Å². The van der Waals surface area contributed by atoms with Crippen molar-refractivity contribution in [2.24, 2.45) is 11.8 Å². The summed E-state index contributed by atoms with van der Waals surface area (Å²) in [5.74, 6) is 1.30. The zero-order chi connectivity index (χ0) is 12.8. The lowest BCUT2D eigenvalue weighted by Gasteiger charge is -2.37. The second-order valence-corrected chi connectivity index (χ2v) is 5.34. The molecule has 1 saturated heterocycles. The predicted molar refractivity (Wildman–Crippen MR) is 74.3 cm³/mol. The van der Waals surface area contributed by atoms with Crippen LogP contribution in [0.2, 0.25) is 0 Å². The van der Waals surface area contributed by atoms with Gasteiger partial charge < -0.3 is 4.79 Å². The second-order valence-electron chi connectivity index (χ2n) is 5.34. The molecule has 0 spiro atoms. The summed E-state index contributed by atoms with van der Waals surface area (Å²) < 4.78 is 0. The van der Waals surface area contributed by atoms with E-state index in [1.807, 2.05) is 0 Å². The van der Waals surface area contributed by atoms with Crippen LogP contribution < -0.4 is 0 Å². The molecule has 0 unspecified atom stereocenters. The van der Waals surface area contributed by atoms with Crippen LogP contribution in [-0.2, 0) is 11.3 Å². The fourth-order valence-corrected chi connectivity index (χ4v) is 3.04. The van der Waals surface area contributed by atoms with Crippen molar-refractivity contribution < 1.29 is 4.79 Å². The van der Waals surface area contributed by atoms with Crippen LogP contribution in [0.25, 0.3) is 0 Å². The number of rotatable bonds is 5. The van der Waals surface area contributed by atoms with Gasteiger partial charge in [-0.25, -0.2) is 0 Å². The first-order chi connectivity index (χ1) is 8.83. The highest BCUT2D eigenvalue weighted by Gasteiger charge is 2.27. The van der Waals surface area contributed by atoms with E-state index in [0.29, 0.717) is 11.8 Å². The van der Waals surface area contributed by atoms with Gasteiger partial charge in [-0.1, -0.05) is 43.7 Å². The fourth-order valence-electron chi connectivity index (χ4n) is 3.04. The lowest BCUT2D eigenvalue weighted by atomic mass is 9.82. The van der Waals surface area contributed by atoms with Gasteiger partial charge in [0.15, 0.2) is 0 Å². The predicted octanol–water partition coefficient (Wildman–Crippen LogP) is 3.12. The first-order valence-electron chi connectivity index (χ1n) is 7.03. The molecule has 1 aliphatic rings. The van der Waals surface area contributed by atoms with Crippen LogP contribution in [0.4, 0.5) is 0 Å². The lowest BCUT2D eigenvalue weighted by molar-refractivity contribution is -0.109. The third kappa shape index (κ3) is 3.42. The molecule has 2 nitrogen and oxygen atoms in total. The molecule has 18 heavy (non-hydrogen) atoms. The van der Waals surface area contributed by atoms with Crippen LogP contribution in [0.5, 0.6) is 0 Å². The molecule has 2 atom stereocenters. The first kappa shape index (κ1) is 13.3. The van der Waals surface area contributed by atoms with Crippen LogP contribution in [0, 0.1) is 11.8 Å². The van der Waals surface area contributed by atoms with Gasteiger partial charge in [-0.15, -0.1) is 0 Å². The molecular weight excluding hydrogens is 222 g/mol. The van der Waals surface area contributed by atoms with Gasteiger partial charge in [-0.3, -0.25) is 4.90 Å². The summed E-state index contributed by atoms with van der Waals surface area (Å²) in [5.41, 5.74) is 1.39. The van der Waals surface area contributed by atoms with Crippen molar-refractivity contribution in [3.8, 4) is 0 Å². The molecule has 2 rings (SSSR count). The molecule has 1 aliphatic heterocycles. The molecule has 0 bridgehead atoms. The number of hydrogen-bond acceptors (Lipinski definition) is 2. The van der Waals surface area contributed by atoms with Crippen molar-refractivity contribution >= 4 is 6.29 Å². The highest BCUT2D eigenvalue weighted by molar-refractivity contribution is 5.49. The van der Waals surface area contributed by atoms with Crippen LogP contribution in [0.15, 0.2) is 30.3 Å². The van der Waals surface area contributed by atoms with E-state index in [0.717, 1.165) is 32.3 Å². The van der Waals surface area contributed by atoms with E-state index in [4.69, 9.17) is 0 Å². The quantitative estimate of drug-likeness (QED) is 0.743. The van der Waals surface area contributed by atoms with Crippen LogP contribution in [-0.4, -0.2) is 24.3 Å². The molecule has 1 aromatic rings. The van der Waals surface area contributed by atoms with Crippen molar-refractivity contribution in [2.45, 2.75) is 32.7 Å². The largest absolute Gasteiger partial charge is 0.303 e. The second kappa shape index (κ2) is 6.69. The SMILES string of the molecule is CC[C@H]1CN(Cc2ccccc2)CC[C@H]1CC=O. The summed E-state index contributed by atoms with van der Waals surface area (Å²) in [5, 5.41) is 0. The summed E-state index contributed by atoms with van der Waals surface area (Å²) in [7, 11) is 0. The summed E-state index contributed by atoms with van der Waals surface area (Å²) in [6.07, 6.45) is 4.20. The number of hydrogen-bond donors (Lipinski definition) is 0. The standard InChI is InChI=1S/C16H23NO/c1-2-15-13-17(10-8-16(15)9-11-18)12-14-6-4-3-5-7-14/h3-7,11,15-16H,2,8-10,12-13H2,1H3/t15-,16-/m0/s1. The van der Waals surface area contributed by atoms with Crippen molar-refractivity contribution in [3.05, 3.63) is 35.9 Å². The molecule has 0 aromatic heterocycles. The van der Waals surface area contributed by atoms with E-state index in [2.05, 4.69) is 42.2 Å². The third-order valence-electron chi connectivity index (χ3n) is 4.15. The van der Waals surface area contributed by atoms with Gasteiger partial charge in [0.2, 0.25) is 0 Å². The number of likely N-dealkylation sites (tertiary alicyclic amines) is 1. The zero-order valence-corrected chi connectivity index (χ0v) is 11.2. The van der Waals surface area contributed by atoms with Crippen LogP contribution in [0.3, 0.4) is 0 Å². The molecule has 0 saturated carbocycles. The maximum atomic E-state index is 10.7. The molecule has 0 N–H and O–H groups in total. The molecule has 98 valence electrons. The molecule has 1 fully saturated rings. The van der Waals surface area contributed by atoms with Crippen molar-refractivity contribution in [1.29, 1.82) is 0 Å². The summed E-state index contributed by atoms with van der Waals surface area (Å²) >= 11 is 0. The summed E-state index contributed by atoms with van der Waals surface area (Å²) in [6, 6.07) is 10.7. The average molecular weight is 245 g/mol. The minimum absolute atomic E-state index is 0.611. The van der Waals surface area contributed by atoms with Gasteiger partial charge in [0.05, 0.1) is 0 Å². The molecule has 0 aliphatic carbocycles. The van der Waals surface area contributed by atoms with E-state index in [9.17, 15) is 4.79 Å². The van der Waals surface area contributed by atoms with Crippen LogP contribution in [0.1, 0.15) is 31.7 Å². The maximum Gasteiger partial charge on any atom is 0.120 e. The molecule has 2 heteroatoms. The molecular formula is C16H23NO. The number of carbonyl (C=O) groups excluding carboxylic acids is 1. The number of benzene rings is 1. The highest BCUT2D eigenvalue weighted by atomic mass is 16.1. The Bertz CT molecular complexity index is 363. The minimum Gasteiger partial charge on any atom is -0.303 e. The Morgan fingerprint density at radius 3 is 2.72 bits per heavy atom. The van der Waals surface area contributed by atoms with E-state index in [1.54, 1.807) is 0 Å². The summed E-state index contributed by atoms with van der Waals surface area (Å²) in [6.45, 7) is 5.56. The highest BCUT2D eigenvalue weighted by Crippen LogP contribution is 2.28. The van der Waals surface area contributed by atoms with Crippen molar-refractivity contribution in [1.82, 2.24) is 4.90 Å². The minimum atomic E-state index is 0.611. The monoisotopic (exact) mass is 245 g/mol. The van der Waals surface area contributed by atoms with E-state index >= 15 is 0 Å². The van der Waals surface area contributed by atoms with Gasteiger partial charge in [-0.05, 0) is 30.4 Å². The van der Waals surface area contributed by atoms with Crippen molar-refractivity contribution in [2.75, 3.05) is 13.1 Å². The Hall–Kier alpha value is -1.15. The Kier molecular flexibility index (Phi) is 4.94. The third-order valence-corrected chi connectivity index (χ3v) is 4.15. The average Bonchev–Trinajstić information content (AvgIpc) is 2.42. The van der Waals surface area contributed by atoms with Gasteiger partial charge in [0.1, 0.15) is 6.29 Å². The smallest absolute Gasteiger partial charge is 0.120 e. The normalized spacial score (nSPS) is 24.9. The van der Waals surface area contributed by atoms with E-state index in [-0.39, 0.29) is 0 Å². The van der Waals surface area contributed by atoms with Crippen LogP contribution >= 0.6 is 0 Å². The Morgan fingerprint density at radius 2 is 2.06 bits per heavy atom. The number of aldehydes is 1. The number of piperidine rings is 1.